The van der Waals surface area contributed by atoms with Crippen molar-refractivity contribution in [3.05, 3.63) is 70.2 Å². The highest BCUT2D eigenvalue weighted by atomic mass is 16.5. The van der Waals surface area contributed by atoms with Crippen LogP contribution in [-0.2, 0) is 9.47 Å². The van der Waals surface area contributed by atoms with Crippen molar-refractivity contribution >= 4 is 17.2 Å². The summed E-state index contributed by atoms with van der Waals surface area (Å²) in [6.45, 7) is 3.89. The van der Waals surface area contributed by atoms with E-state index in [1.54, 1.807) is 14.2 Å². The predicted molar refractivity (Wildman–Crippen MR) is 101 cm³/mol. The minimum Gasteiger partial charge on any atom is -0.496 e. The van der Waals surface area contributed by atoms with Gasteiger partial charge in [0.05, 0.1) is 25.3 Å². The molecule has 2 aliphatic rings. The van der Waals surface area contributed by atoms with E-state index in [-0.39, 0.29) is 0 Å². The first-order valence-corrected chi connectivity index (χ1v) is 8.23. The second-order valence-corrected chi connectivity index (χ2v) is 6.29. The average Bonchev–Trinajstić information content (AvgIpc) is 2.80. The Hall–Kier alpha value is -2.75. The summed E-state index contributed by atoms with van der Waals surface area (Å²) in [5.41, 5.74) is 5.20. The van der Waals surface area contributed by atoms with Gasteiger partial charge in [-0.3, -0.25) is 0 Å². The van der Waals surface area contributed by atoms with Crippen molar-refractivity contribution in [2.45, 2.75) is 13.8 Å². The van der Waals surface area contributed by atoms with Gasteiger partial charge in [-0.1, -0.05) is 0 Å². The Bertz CT molecular complexity index is 835. The number of ether oxygens (including phenoxy) is 2. The largest absolute Gasteiger partial charge is 0.496 e. The molecule has 2 aliphatic carbocycles. The van der Waals surface area contributed by atoms with E-state index in [0.29, 0.717) is 0 Å². The fourth-order valence-electron chi connectivity index (χ4n) is 3.19. The maximum absolute atomic E-state index is 5.81. The molecule has 0 saturated carbocycles. The van der Waals surface area contributed by atoms with Crippen molar-refractivity contribution in [1.29, 1.82) is 0 Å². The van der Waals surface area contributed by atoms with Crippen LogP contribution < -0.4 is 0 Å². The first-order chi connectivity index (χ1) is 12.0. The van der Waals surface area contributed by atoms with E-state index in [2.05, 4.69) is 28.9 Å². The third-order valence-electron chi connectivity index (χ3n) is 4.48. The van der Waals surface area contributed by atoms with Gasteiger partial charge in [0.2, 0.25) is 0 Å². The van der Waals surface area contributed by atoms with Crippen molar-refractivity contribution in [1.82, 2.24) is 0 Å². The molecule has 130 valence electrons. The highest BCUT2D eigenvalue weighted by molar-refractivity contribution is 6.02. The summed E-state index contributed by atoms with van der Waals surface area (Å²) in [7, 11) is 7.43. The van der Waals surface area contributed by atoms with Crippen molar-refractivity contribution in [2.75, 3.05) is 28.3 Å². The van der Waals surface area contributed by atoms with Crippen LogP contribution in [0.2, 0.25) is 0 Å². The normalized spacial score (nSPS) is 16.3. The quantitative estimate of drug-likeness (QED) is 0.764. The molecule has 0 amide bonds. The van der Waals surface area contributed by atoms with Gasteiger partial charge in [-0.05, 0) is 49.3 Å². The Balaban J connectivity index is 2.22. The lowest BCUT2D eigenvalue weighted by Gasteiger charge is -2.07. The van der Waals surface area contributed by atoms with E-state index in [0.717, 1.165) is 51.0 Å². The van der Waals surface area contributed by atoms with Crippen molar-refractivity contribution in [3.8, 4) is 0 Å². The van der Waals surface area contributed by atoms with E-state index >= 15 is 0 Å². The number of hydrogen-bond donors (Lipinski definition) is 0. The monoisotopic (exact) mass is 338 g/mol. The number of hydrogen-bond acceptors (Lipinski definition) is 3. The number of rotatable bonds is 2. The summed E-state index contributed by atoms with van der Waals surface area (Å²) in [5, 5.41) is 0. The molecule has 0 saturated heterocycles. The Kier molecular flexibility index (Phi) is 4.53. The Morgan fingerprint density at radius 1 is 0.760 bits per heavy atom. The van der Waals surface area contributed by atoms with Gasteiger partial charge < -0.3 is 13.9 Å². The standard InChI is InChI=1S/C21H24NO3/c1-13-20-18(23-5)11-16(12-19(24-6)21(20)14(2)25-13)15-7-9-17(10-8-15)22(3)4/h7-12H,1-6H3/q+1. The Labute approximate surface area is 148 Å². The van der Waals surface area contributed by atoms with E-state index in [9.17, 15) is 0 Å². The van der Waals surface area contributed by atoms with Gasteiger partial charge in [0, 0.05) is 12.2 Å². The van der Waals surface area contributed by atoms with Crippen LogP contribution in [0.1, 0.15) is 22.6 Å². The van der Waals surface area contributed by atoms with Crippen LogP contribution in [0.4, 0.5) is 0 Å². The zero-order chi connectivity index (χ0) is 18.1. The number of furan rings is 1. The second-order valence-electron chi connectivity index (χ2n) is 6.29. The minimum atomic E-state index is 0.777. The second kappa shape index (κ2) is 6.63. The Morgan fingerprint density at radius 2 is 1.24 bits per heavy atom. The van der Waals surface area contributed by atoms with Crippen molar-refractivity contribution in [2.24, 2.45) is 0 Å². The molecule has 0 unspecified atom stereocenters. The molecule has 0 atom stereocenters. The predicted octanol–water partition coefficient (Wildman–Crippen LogP) is 4.02. The summed E-state index contributed by atoms with van der Waals surface area (Å²) in [6, 6.07) is 0. The molecule has 4 nitrogen and oxygen atoms in total. The summed E-state index contributed by atoms with van der Waals surface area (Å²) in [5.74, 6) is 3.21. The maximum Gasteiger partial charge on any atom is 0.199 e. The molecule has 4 heteroatoms. The first kappa shape index (κ1) is 17.1. The number of methoxy groups -OCH3 is 2. The fourth-order valence-corrected chi connectivity index (χ4v) is 3.19. The molecule has 1 aromatic rings. The summed E-state index contributed by atoms with van der Waals surface area (Å²) in [4.78, 5) is 0. The molecule has 3 rings (SSSR count). The van der Waals surface area contributed by atoms with Gasteiger partial charge in [-0.15, -0.1) is 0 Å². The number of nitrogens with zero attached hydrogens (tertiary/aromatic N) is 1. The van der Waals surface area contributed by atoms with Crippen LogP contribution in [-0.4, -0.2) is 38.6 Å². The molecular formula is C21H24NO3+. The lowest BCUT2D eigenvalue weighted by atomic mass is 10.0. The third kappa shape index (κ3) is 3.00. The van der Waals surface area contributed by atoms with E-state index < -0.39 is 0 Å². The lowest BCUT2D eigenvalue weighted by molar-refractivity contribution is -0.462. The maximum atomic E-state index is 5.81. The number of aryl methyl sites for hydroxylation is 2. The SMILES string of the molecule is COC1=CC(=C2C=CC(=[N+](C)C)C=C2)C=C(OC)c2c(C)oc(C)c21. The zero-order valence-electron chi connectivity index (χ0n) is 15.6. The fraction of sp³-hybridized carbons (Fsp3) is 0.286. The van der Waals surface area contributed by atoms with Gasteiger partial charge in [0.25, 0.3) is 0 Å². The van der Waals surface area contributed by atoms with Crippen LogP contribution in [0.15, 0.2) is 52.0 Å². The lowest BCUT2D eigenvalue weighted by Crippen LogP contribution is -2.09. The van der Waals surface area contributed by atoms with Crippen molar-refractivity contribution in [3.63, 3.8) is 0 Å². The van der Waals surface area contributed by atoms with E-state index in [1.807, 2.05) is 40.1 Å². The van der Waals surface area contributed by atoms with Crippen LogP contribution in [0.5, 0.6) is 0 Å². The molecular weight excluding hydrogens is 314 g/mol. The molecule has 1 aromatic heterocycles. The van der Waals surface area contributed by atoms with Crippen LogP contribution in [0.3, 0.4) is 0 Å². The van der Waals surface area contributed by atoms with E-state index in [4.69, 9.17) is 13.9 Å². The first-order valence-electron chi connectivity index (χ1n) is 8.23. The van der Waals surface area contributed by atoms with Gasteiger partial charge in [0.15, 0.2) is 5.71 Å². The highest BCUT2D eigenvalue weighted by Crippen LogP contribution is 2.38. The highest BCUT2D eigenvalue weighted by Gasteiger charge is 2.26. The molecule has 0 N–H and O–H groups in total. The molecule has 0 fully saturated rings. The number of allylic oxidation sites excluding steroid dienone is 8. The molecule has 1 heterocycles. The zero-order valence-corrected chi connectivity index (χ0v) is 15.6. The van der Waals surface area contributed by atoms with Crippen molar-refractivity contribution < 1.29 is 18.5 Å². The smallest absolute Gasteiger partial charge is 0.199 e. The van der Waals surface area contributed by atoms with Crippen LogP contribution >= 0.6 is 0 Å². The number of fused-ring (bicyclic) bond motifs is 1. The summed E-state index contributed by atoms with van der Waals surface area (Å²) >= 11 is 0. The molecule has 0 bridgehead atoms. The minimum absolute atomic E-state index is 0.777. The summed E-state index contributed by atoms with van der Waals surface area (Å²) < 4.78 is 19.3. The van der Waals surface area contributed by atoms with Gasteiger partial charge in [-0.2, -0.15) is 0 Å². The van der Waals surface area contributed by atoms with Crippen LogP contribution in [0.25, 0.3) is 11.5 Å². The van der Waals surface area contributed by atoms with Gasteiger partial charge >= 0.3 is 0 Å². The molecule has 0 aromatic carbocycles. The molecule has 0 aliphatic heterocycles. The summed E-state index contributed by atoms with van der Waals surface area (Å²) in [6.07, 6.45) is 12.5. The molecule has 25 heavy (non-hydrogen) atoms. The average molecular weight is 338 g/mol. The van der Waals surface area contributed by atoms with Gasteiger partial charge in [-0.25, -0.2) is 4.58 Å². The van der Waals surface area contributed by atoms with Crippen LogP contribution in [0, 0.1) is 13.8 Å². The molecule has 0 spiro atoms. The molecule has 0 radical (unpaired) electrons. The van der Waals surface area contributed by atoms with E-state index in [1.165, 1.54) is 0 Å². The third-order valence-corrected chi connectivity index (χ3v) is 4.48. The van der Waals surface area contributed by atoms with Gasteiger partial charge in [0.1, 0.15) is 37.1 Å². The Morgan fingerprint density at radius 3 is 1.64 bits per heavy atom. The topological polar surface area (TPSA) is 34.6 Å².